The van der Waals surface area contributed by atoms with Gasteiger partial charge >= 0.3 is 0 Å². The fraction of sp³-hybridized carbons (Fsp3) is 0.250. The first-order valence-corrected chi connectivity index (χ1v) is 6.24. The molecule has 2 nitrogen and oxygen atoms in total. The molecule has 1 unspecified atom stereocenters. The first-order chi connectivity index (χ1) is 9.44. The fourth-order valence-corrected chi connectivity index (χ4v) is 2.12. The van der Waals surface area contributed by atoms with Gasteiger partial charge in [-0.25, -0.2) is 8.78 Å². The van der Waals surface area contributed by atoms with Crippen molar-refractivity contribution in [3.63, 3.8) is 0 Å². The molecule has 106 valence electrons. The summed E-state index contributed by atoms with van der Waals surface area (Å²) in [4.78, 5) is 0. The summed E-state index contributed by atoms with van der Waals surface area (Å²) in [5.74, 6) is -0.837. The summed E-state index contributed by atoms with van der Waals surface area (Å²) in [6.07, 6.45) is 0.0610. The van der Waals surface area contributed by atoms with Crippen molar-refractivity contribution in [3.05, 3.63) is 65.2 Å². The van der Waals surface area contributed by atoms with Crippen LogP contribution in [-0.4, -0.2) is 12.2 Å². The first-order valence-electron chi connectivity index (χ1n) is 6.24. The van der Waals surface area contributed by atoms with Crippen molar-refractivity contribution in [1.29, 1.82) is 0 Å². The highest BCUT2D eigenvalue weighted by Crippen LogP contribution is 2.29. The third-order valence-corrected chi connectivity index (χ3v) is 3.27. The standard InChI is InChI=1S/C16H16F2O2/c1-16(19,10-11-5-3-4-6-13(11)17)12-7-8-15(20-2)14(18)9-12/h3-9,19H,10H2,1-2H3. The molecule has 0 spiro atoms. The Labute approximate surface area is 116 Å². The largest absolute Gasteiger partial charge is 0.494 e. The minimum absolute atomic E-state index is 0.0610. The van der Waals surface area contributed by atoms with Gasteiger partial charge in [0.15, 0.2) is 11.6 Å². The van der Waals surface area contributed by atoms with Gasteiger partial charge in [-0.2, -0.15) is 0 Å². The van der Waals surface area contributed by atoms with Crippen LogP contribution in [0.3, 0.4) is 0 Å². The Balaban J connectivity index is 2.30. The van der Waals surface area contributed by atoms with Gasteiger partial charge in [0.2, 0.25) is 0 Å². The van der Waals surface area contributed by atoms with Crippen LogP contribution >= 0.6 is 0 Å². The van der Waals surface area contributed by atoms with E-state index in [1.807, 2.05) is 0 Å². The van der Waals surface area contributed by atoms with Crippen LogP contribution in [0.15, 0.2) is 42.5 Å². The van der Waals surface area contributed by atoms with E-state index in [0.29, 0.717) is 11.1 Å². The summed E-state index contributed by atoms with van der Waals surface area (Å²) in [6.45, 7) is 1.53. The predicted octanol–water partition coefficient (Wildman–Crippen LogP) is 3.42. The maximum atomic E-state index is 13.7. The summed E-state index contributed by atoms with van der Waals surface area (Å²) in [7, 11) is 1.37. The molecule has 0 saturated carbocycles. The van der Waals surface area contributed by atoms with E-state index >= 15 is 0 Å². The number of methoxy groups -OCH3 is 1. The second-order valence-electron chi connectivity index (χ2n) is 4.89. The monoisotopic (exact) mass is 278 g/mol. The Kier molecular flexibility index (Phi) is 4.04. The second kappa shape index (κ2) is 5.59. The molecule has 2 aromatic rings. The summed E-state index contributed by atoms with van der Waals surface area (Å²) in [5, 5.41) is 10.5. The maximum Gasteiger partial charge on any atom is 0.165 e. The van der Waals surface area contributed by atoms with E-state index in [2.05, 4.69) is 0 Å². The number of aliphatic hydroxyl groups is 1. The summed E-state index contributed by atoms with van der Waals surface area (Å²) >= 11 is 0. The molecule has 0 aliphatic carbocycles. The highest BCUT2D eigenvalue weighted by molar-refractivity contribution is 5.33. The van der Waals surface area contributed by atoms with Crippen molar-refractivity contribution in [2.75, 3.05) is 7.11 Å². The molecule has 0 fully saturated rings. The van der Waals surface area contributed by atoms with Crippen LogP contribution in [0.1, 0.15) is 18.1 Å². The summed E-state index contributed by atoms with van der Waals surface area (Å²) in [6, 6.07) is 10.4. The summed E-state index contributed by atoms with van der Waals surface area (Å²) in [5.41, 5.74) is -0.609. The van der Waals surface area contributed by atoms with Gasteiger partial charge in [-0.3, -0.25) is 0 Å². The van der Waals surface area contributed by atoms with Crippen LogP contribution in [0.5, 0.6) is 5.75 Å². The van der Waals surface area contributed by atoms with Crippen molar-refractivity contribution in [2.45, 2.75) is 18.9 Å². The lowest BCUT2D eigenvalue weighted by Crippen LogP contribution is -2.25. The van der Waals surface area contributed by atoms with Crippen LogP contribution in [-0.2, 0) is 12.0 Å². The zero-order valence-electron chi connectivity index (χ0n) is 11.4. The molecule has 1 atom stereocenters. The Morgan fingerprint density at radius 1 is 1.10 bits per heavy atom. The van der Waals surface area contributed by atoms with Crippen molar-refractivity contribution in [3.8, 4) is 5.75 Å². The SMILES string of the molecule is COc1ccc(C(C)(O)Cc2ccccc2F)cc1F. The van der Waals surface area contributed by atoms with Crippen LogP contribution in [0, 0.1) is 11.6 Å². The average molecular weight is 278 g/mol. The number of benzene rings is 2. The normalized spacial score (nSPS) is 13.8. The quantitative estimate of drug-likeness (QED) is 0.928. The van der Waals surface area contributed by atoms with Crippen molar-refractivity contribution < 1.29 is 18.6 Å². The first kappa shape index (κ1) is 14.5. The number of ether oxygens (including phenoxy) is 1. The molecule has 1 N–H and O–H groups in total. The minimum Gasteiger partial charge on any atom is -0.494 e. The lowest BCUT2D eigenvalue weighted by molar-refractivity contribution is 0.0563. The van der Waals surface area contributed by atoms with E-state index in [-0.39, 0.29) is 18.0 Å². The van der Waals surface area contributed by atoms with Gasteiger partial charge in [0.05, 0.1) is 12.7 Å². The molecule has 0 aromatic heterocycles. The molecule has 0 aliphatic rings. The molecule has 20 heavy (non-hydrogen) atoms. The van der Waals surface area contributed by atoms with Crippen molar-refractivity contribution in [1.82, 2.24) is 0 Å². The molecule has 2 aromatic carbocycles. The van der Waals surface area contributed by atoms with Crippen molar-refractivity contribution in [2.24, 2.45) is 0 Å². The van der Waals surface area contributed by atoms with E-state index in [9.17, 15) is 13.9 Å². The number of halogens is 2. The lowest BCUT2D eigenvalue weighted by atomic mass is 9.89. The van der Waals surface area contributed by atoms with E-state index in [1.165, 1.54) is 32.2 Å². The molecule has 4 heteroatoms. The molecular weight excluding hydrogens is 262 g/mol. The van der Waals surface area contributed by atoms with Gasteiger partial charge in [-0.05, 0) is 36.2 Å². The van der Waals surface area contributed by atoms with Crippen LogP contribution in [0.2, 0.25) is 0 Å². The summed E-state index contributed by atoms with van der Waals surface area (Å²) < 4.78 is 32.2. The number of rotatable bonds is 4. The molecule has 0 heterocycles. The molecule has 0 radical (unpaired) electrons. The fourth-order valence-electron chi connectivity index (χ4n) is 2.12. The Morgan fingerprint density at radius 2 is 1.80 bits per heavy atom. The third-order valence-electron chi connectivity index (χ3n) is 3.27. The van der Waals surface area contributed by atoms with E-state index in [1.54, 1.807) is 24.3 Å². The Bertz CT molecular complexity index is 609. The lowest BCUT2D eigenvalue weighted by Gasteiger charge is -2.24. The van der Waals surface area contributed by atoms with Gasteiger partial charge in [-0.1, -0.05) is 24.3 Å². The average Bonchev–Trinajstić information content (AvgIpc) is 2.41. The predicted molar refractivity (Wildman–Crippen MR) is 72.6 cm³/mol. The van der Waals surface area contributed by atoms with E-state index in [0.717, 1.165) is 0 Å². The minimum atomic E-state index is -1.37. The highest BCUT2D eigenvalue weighted by atomic mass is 19.1. The highest BCUT2D eigenvalue weighted by Gasteiger charge is 2.26. The smallest absolute Gasteiger partial charge is 0.165 e. The zero-order valence-corrected chi connectivity index (χ0v) is 11.4. The van der Waals surface area contributed by atoms with Gasteiger partial charge < -0.3 is 9.84 Å². The Morgan fingerprint density at radius 3 is 2.40 bits per heavy atom. The third kappa shape index (κ3) is 2.96. The van der Waals surface area contributed by atoms with E-state index < -0.39 is 11.4 Å². The molecule has 0 amide bonds. The Hall–Kier alpha value is -1.94. The van der Waals surface area contributed by atoms with Crippen LogP contribution < -0.4 is 4.74 Å². The molecular formula is C16H16F2O2. The van der Waals surface area contributed by atoms with Crippen LogP contribution in [0.4, 0.5) is 8.78 Å². The van der Waals surface area contributed by atoms with Gasteiger partial charge in [0.25, 0.3) is 0 Å². The number of hydrogen-bond donors (Lipinski definition) is 1. The molecule has 0 aliphatic heterocycles. The zero-order chi connectivity index (χ0) is 14.8. The molecule has 0 bridgehead atoms. The van der Waals surface area contributed by atoms with Crippen molar-refractivity contribution >= 4 is 0 Å². The topological polar surface area (TPSA) is 29.5 Å². The molecule has 0 saturated heterocycles. The second-order valence-corrected chi connectivity index (χ2v) is 4.89. The van der Waals surface area contributed by atoms with Gasteiger partial charge in [0, 0.05) is 6.42 Å². The number of hydrogen-bond acceptors (Lipinski definition) is 2. The van der Waals surface area contributed by atoms with E-state index in [4.69, 9.17) is 4.74 Å². The van der Waals surface area contributed by atoms with Gasteiger partial charge in [0.1, 0.15) is 5.82 Å². The molecule has 2 rings (SSSR count). The van der Waals surface area contributed by atoms with Crippen LogP contribution in [0.25, 0.3) is 0 Å². The van der Waals surface area contributed by atoms with Gasteiger partial charge in [-0.15, -0.1) is 0 Å². The maximum absolute atomic E-state index is 13.7.